The van der Waals surface area contributed by atoms with E-state index in [9.17, 15) is 4.79 Å². The van der Waals surface area contributed by atoms with Crippen molar-refractivity contribution in [1.29, 1.82) is 0 Å². The van der Waals surface area contributed by atoms with E-state index in [4.69, 9.17) is 9.15 Å². The summed E-state index contributed by atoms with van der Waals surface area (Å²) in [6.45, 7) is 18.4. The monoisotopic (exact) mass is 518 g/mol. The first-order chi connectivity index (χ1) is 17.8. The third kappa shape index (κ3) is 2.98. The highest BCUT2D eigenvalue weighted by molar-refractivity contribution is 6.04. The second-order valence-corrected chi connectivity index (χ2v) is 16.7. The van der Waals surface area contributed by atoms with E-state index in [2.05, 4.69) is 54.5 Å². The summed E-state index contributed by atoms with van der Waals surface area (Å²) in [6, 6.07) is 3.91. The molecule has 7 rings (SSSR count). The molecular weight excluding hydrogens is 468 g/mol. The van der Waals surface area contributed by atoms with Gasteiger partial charge in [0.2, 0.25) is 0 Å². The highest BCUT2D eigenvalue weighted by Gasteiger charge is 2.73. The quantitative estimate of drug-likeness (QED) is 0.349. The fourth-order valence-electron chi connectivity index (χ4n) is 12.5. The van der Waals surface area contributed by atoms with Crippen molar-refractivity contribution in [2.75, 3.05) is 6.61 Å². The molecule has 6 fully saturated rings. The van der Waals surface area contributed by atoms with Crippen LogP contribution in [0.3, 0.4) is 0 Å². The van der Waals surface area contributed by atoms with Gasteiger partial charge in [-0.3, -0.25) is 4.79 Å². The van der Waals surface area contributed by atoms with Gasteiger partial charge in [-0.1, -0.05) is 48.5 Å². The predicted octanol–water partition coefficient (Wildman–Crippen LogP) is 8.73. The molecule has 0 radical (unpaired) electrons. The third-order valence-corrected chi connectivity index (χ3v) is 14.6. The molecule has 1 aromatic heterocycles. The Morgan fingerprint density at radius 1 is 0.868 bits per heavy atom. The van der Waals surface area contributed by atoms with Crippen molar-refractivity contribution in [1.82, 2.24) is 0 Å². The zero-order chi connectivity index (χ0) is 26.9. The van der Waals surface area contributed by atoms with Crippen molar-refractivity contribution in [3.63, 3.8) is 0 Å². The largest absolute Gasteiger partial charge is 0.465 e. The Morgan fingerprint density at radius 2 is 1.63 bits per heavy atom. The van der Waals surface area contributed by atoms with Crippen LogP contribution in [-0.4, -0.2) is 18.5 Å². The van der Waals surface area contributed by atoms with Gasteiger partial charge < -0.3 is 9.15 Å². The SMILES string of the molecule is CC1(C)CC[C@]23CC[C@]4(C)[C@@H](CC[C@@H]5[C@@]6(C)C/C(=C\c7ccco7)C(=O)C(C)(C)[C@H]6CC[C@]54C)[C@H]2[C@H]1OC3. The number of carbonyl (C=O) groups is 1. The molecule has 0 aromatic carbocycles. The number of carbonyl (C=O) groups excluding carboxylic acids is 1. The summed E-state index contributed by atoms with van der Waals surface area (Å²) < 4.78 is 12.4. The van der Waals surface area contributed by atoms with Crippen LogP contribution in [0.25, 0.3) is 6.08 Å². The Bertz CT molecular complexity index is 1170. The maximum absolute atomic E-state index is 13.9. The van der Waals surface area contributed by atoms with Crippen LogP contribution < -0.4 is 0 Å². The van der Waals surface area contributed by atoms with E-state index in [-0.39, 0.29) is 10.8 Å². The van der Waals surface area contributed by atoms with E-state index in [1.165, 1.54) is 51.4 Å². The van der Waals surface area contributed by atoms with Crippen LogP contribution in [0.15, 0.2) is 28.4 Å². The van der Waals surface area contributed by atoms with E-state index in [0.717, 1.165) is 36.2 Å². The average molecular weight is 519 g/mol. The van der Waals surface area contributed by atoms with Gasteiger partial charge in [0.25, 0.3) is 0 Å². The van der Waals surface area contributed by atoms with Crippen LogP contribution in [0, 0.1) is 56.2 Å². The lowest BCUT2D eigenvalue weighted by atomic mass is 9.31. The summed E-state index contributed by atoms with van der Waals surface area (Å²) in [5.74, 6) is 3.74. The Kier molecular flexibility index (Phi) is 5.18. The van der Waals surface area contributed by atoms with E-state index in [1.807, 2.05) is 12.1 Å². The number of fused-ring (bicyclic) bond motifs is 5. The summed E-state index contributed by atoms with van der Waals surface area (Å²) in [5.41, 5.74) is 2.16. The highest BCUT2D eigenvalue weighted by Crippen LogP contribution is 2.78. The van der Waals surface area contributed by atoms with Crippen LogP contribution in [0.2, 0.25) is 0 Å². The number of hydrogen-bond donors (Lipinski definition) is 0. The number of ketones is 1. The summed E-state index contributed by atoms with van der Waals surface area (Å²) in [7, 11) is 0. The number of hydrogen-bond acceptors (Lipinski definition) is 3. The molecule has 5 saturated carbocycles. The summed E-state index contributed by atoms with van der Waals surface area (Å²) in [6.07, 6.45) is 15.6. The maximum atomic E-state index is 13.9. The summed E-state index contributed by atoms with van der Waals surface area (Å²) in [5, 5.41) is 0. The highest BCUT2D eigenvalue weighted by atomic mass is 16.5. The van der Waals surface area contributed by atoms with Gasteiger partial charge in [-0.05, 0) is 132 Å². The fourth-order valence-corrected chi connectivity index (χ4v) is 12.5. The topological polar surface area (TPSA) is 39.4 Å². The molecule has 2 bridgehead atoms. The lowest BCUT2D eigenvalue weighted by Crippen LogP contribution is -2.67. The zero-order valence-corrected chi connectivity index (χ0v) is 25.0. The fraction of sp³-hybridized carbons (Fsp3) is 0.800. The van der Waals surface area contributed by atoms with Crippen LogP contribution in [0.5, 0.6) is 0 Å². The molecule has 2 heterocycles. The van der Waals surface area contributed by atoms with E-state index >= 15 is 0 Å². The van der Waals surface area contributed by atoms with Crippen molar-refractivity contribution in [2.24, 2.45) is 56.2 Å². The standard InChI is InChI=1S/C35H50O3/c1-30(2)14-16-35-17-15-33(6)24(27(35)29(30)38-21-35)10-11-26-32(5)20-22(19-23-9-8-18-37-23)28(36)31(3,4)25(32)12-13-34(26,33)7/h8-9,18-19,24-27,29H,10-17,20-21H2,1-7H3/b22-19+/t24-,25+,26+,27-,29+,32-,33+,34+,35+/m0/s1. The lowest BCUT2D eigenvalue weighted by molar-refractivity contribution is -0.236. The minimum atomic E-state index is -0.332. The van der Waals surface area contributed by atoms with Crippen molar-refractivity contribution in [3.05, 3.63) is 29.7 Å². The number of ether oxygens (including phenoxy) is 1. The molecule has 0 amide bonds. The van der Waals surface area contributed by atoms with Crippen molar-refractivity contribution in [2.45, 2.75) is 112 Å². The van der Waals surface area contributed by atoms with Crippen LogP contribution in [-0.2, 0) is 9.53 Å². The molecule has 0 spiro atoms. The molecule has 0 N–H and O–H groups in total. The second-order valence-electron chi connectivity index (χ2n) is 16.7. The molecule has 3 heteroatoms. The molecule has 1 saturated heterocycles. The second kappa shape index (κ2) is 7.68. The summed E-state index contributed by atoms with van der Waals surface area (Å²) >= 11 is 0. The smallest absolute Gasteiger partial charge is 0.164 e. The van der Waals surface area contributed by atoms with Gasteiger partial charge >= 0.3 is 0 Å². The van der Waals surface area contributed by atoms with Crippen molar-refractivity contribution >= 4 is 11.9 Å². The molecule has 208 valence electrons. The normalized spacial score (nSPS) is 51.6. The molecule has 1 aliphatic heterocycles. The Morgan fingerprint density at radius 3 is 2.37 bits per heavy atom. The van der Waals surface area contributed by atoms with Gasteiger partial charge in [-0.25, -0.2) is 0 Å². The molecule has 0 unspecified atom stereocenters. The molecule has 38 heavy (non-hydrogen) atoms. The number of Topliss-reactive ketones (excluding diaryl/α,β-unsaturated/α-hetero) is 1. The van der Waals surface area contributed by atoms with Gasteiger partial charge in [0.1, 0.15) is 5.76 Å². The molecular formula is C35H50O3. The molecule has 3 nitrogen and oxygen atoms in total. The zero-order valence-electron chi connectivity index (χ0n) is 25.0. The van der Waals surface area contributed by atoms with Crippen LogP contribution in [0.1, 0.15) is 112 Å². The minimum Gasteiger partial charge on any atom is -0.465 e. The number of furan rings is 1. The van der Waals surface area contributed by atoms with Crippen LogP contribution in [0.4, 0.5) is 0 Å². The Balaban J connectivity index is 1.29. The molecule has 5 aliphatic carbocycles. The summed E-state index contributed by atoms with van der Waals surface area (Å²) in [4.78, 5) is 13.9. The first-order valence-electron chi connectivity index (χ1n) is 15.7. The predicted molar refractivity (Wildman–Crippen MR) is 151 cm³/mol. The first-order valence-corrected chi connectivity index (χ1v) is 15.7. The van der Waals surface area contributed by atoms with Gasteiger partial charge in [-0.2, -0.15) is 0 Å². The molecule has 1 aromatic rings. The van der Waals surface area contributed by atoms with Crippen molar-refractivity contribution in [3.8, 4) is 0 Å². The third-order valence-electron chi connectivity index (χ3n) is 14.6. The van der Waals surface area contributed by atoms with Gasteiger partial charge in [-0.15, -0.1) is 0 Å². The van der Waals surface area contributed by atoms with Gasteiger partial charge in [0.15, 0.2) is 5.78 Å². The van der Waals surface area contributed by atoms with E-state index in [1.54, 1.807) is 6.26 Å². The molecule has 6 aliphatic rings. The van der Waals surface area contributed by atoms with Crippen molar-refractivity contribution < 1.29 is 13.9 Å². The Labute approximate surface area is 230 Å². The van der Waals surface area contributed by atoms with Gasteiger partial charge in [0.05, 0.1) is 19.0 Å². The van der Waals surface area contributed by atoms with Crippen LogP contribution >= 0.6 is 0 Å². The molecule has 9 atom stereocenters. The first kappa shape index (κ1) is 25.6. The number of rotatable bonds is 1. The van der Waals surface area contributed by atoms with E-state index < -0.39 is 0 Å². The number of allylic oxidation sites excluding steroid dienone is 1. The minimum absolute atomic E-state index is 0.132. The lowest BCUT2D eigenvalue weighted by Gasteiger charge is -2.73. The Hall–Kier alpha value is -1.35. The van der Waals surface area contributed by atoms with Gasteiger partial charge in [0, 0.05) is 5.41 Å². The average Bonchev–Trinajstić information content (AvgIpc) is 3.47. The maximum Gasteiger partial charge on any atom is 0.164 e. The van der Waals surface area contributed by atoms with E-state index in [0.29, 0.717) is 45.4 Å².